The van der Waals surface area contributed by atoms with Crippen LogP contribution in [0.2, 0.25) is 0 Å². The molecule has 0 saturated heterocycles. The third kappa shape index (κ3) is 3.86. The van der Waals surface area contributed by atoms with E-state index >= 15 is 0 Å². The van der Waals surface area contributed by atoms with Gasteiger partial charge >= 0.3 is 0 Å². The van der Waals surface area contributed by atoms with Crippen LogP contribution in [-0.2, 0) is 17.8 Å². The molecular weight excluding hydrogens is 329 g/mol. The third-order valence-corrected chi connectivity index (χ3v) is 4.48. The van der Waals surface area contributed by atoms with E-state index in [1.807, 2.05) is 11.4 Å². The molecule has 0 spiro atoms. The van der Waals surface area contributed by atoms with Gasteiger partial charge in [0.2, 0.25) is 5.91 Å². The van der Waals surface area contributed by atoms with Crippen LogP contribution in [0.3, 0.4) is 0 Å². The third-order valence-electron chi connectivity index (χ3n) is 3.66. The van der Waals surface area contributed by atoms with Gasteiger partial charge in [-0.05, 0) is 35.6 Å². The number of fused-ring (bicyclic) bond motifs is 1. The molecule has 24 heavy (non-hydrogen) atoms. The molecule has 2 heterocycles. The van der Waals surface area contributed by atoms with E-state index in [1.54, 1.807) is 12.1 Å². The second-order valence-corrected chi connectivity index (χ2v) is 6.26. The van der Waals surface area contributed by atoms with Crippen molar-refractivity contribution < 1.29 is 9.18 Å². The Kier molecular flexibility index (Phi) is 5.00. The SMILES string of the molecule is O=C(CCn1cnc2sccc2c1=O)NCCc1cccc(F)c1. The highest BCUT2D eigenvalue weighted by Crippen LogP contribution is 2.13. The van der Waals surface area contributed by atoms with Gasteiger partial charge in [-0.1, -0.05) is 12.1 Å². The summed E-state index contributed by atoms with van der Waals surface area (Å²) in [5.74, 6) is -0.432. The summed E-state index contributed by atoms with van der Waals surface area (Å²) in [5, 5.41) is 5.18. The number of carbonyl (C=O) groups is 1. The Bertz CT molecular complexity index is 919. The molecule has 1 aromatic carbocycles. The topological polar surface area (TPSA) is 64.0 Å². The number of aromatic nitrogens is 2. The fourth-order valence-electron chi connectivity index (χ4n) is 2.40. The number of hydrogen-bond donors (Lipinski definition) is 1. The molecule has 7 heteroatoms. The summed E-state index contributed by atoms with van der Waals surface area (Å²) >= 11 is 1.41. The van der Waals surface area contributed by atoms with Gasteiger partial charge in [-0.2, -0.15) is 0 Å². The van der Waals surface area contributed by atoms with Crippen LogP contribution in [0.15, 0.2) is 46.8 Å². The molecule has 3 aromatic rings. The predicted molar refractivity (Wildman–Crippen MR) is 91.6 cm³/mol. The van der Waals surface area contributed by atoms with Gasteiger partial charge in [0, 0.05) is 19.5 Å². The Balaban J connectivity index is 1.50. The molecule has 0 saturated carbocycles. The van der Waals surface area contributed by atoms with E-state index in [0.29, 0.717) is 23.2 Å². The van der Waals surface area contributed by atoms with Crippen molar-refractivity contribution in [1.82, 2.24) is 14.9 Å². The zero-order chi connectivity index (χ0) is 16.9. The van der Waals surface area contributed by atoms with Gasteiger partial charge in [-0.3, -0.25) is 14.2 Å². The Hall–Kier alpha value is -2.54. The summed E-state index contributed by atoms with van der Waals surface area (Å²) in [7, 11) is 0. The van der Waals surface area contributed by atoms with Crippen LogP contribution in [0.1, 0.15) is 12.0 Å². The molecule has 0 bridgehead atoms. The smallest absolute Gasteiger partial charge is 0.262 e. The molecule has 0 atom stereocenters. The molecule has 3 rings (SSSR count). The lowest BCUT2D eigenvalue weighted by Gasteiger charge is -2.07. The van der Waals surface area contributed by atoms with Crippen molar-refractivity contribution in [3.63, 3.8) is 0 Å². The van der Waals surface area contributed by atoms with Gasteiger partial charge in [-0.15, -0.1) is 11.3 Å². The lowest BCUT2D eigenvalue weighted by molar-refractivity contribution is -0.121. The molecule has 0 radical (unpaired) electrons. The summed E-state index contributed by atoms with van der Waals surface area (Å²) in [4.78, 5) is 29.0. The molecule has 0 unspecified atom stereocenters. The van der Waals surface area contributed by atoms with Crippen molar-refractivity contribution in [2.75, 3.05) is 6.54 Å². The van der Waals surface area contributed by atoms with Crippen LogP contribution in [-0.4, -0.2) is 22.0 Å². The number of rotatable bonds is 6. The van der Waals surface area contributed by atoms with Crippen LogP contribution < -0.4 is 10.9 Å². The minimum absolute atomic E-state index is 0.131. The predicted octanol–water partition coefficient (Wildman–Crippen LogP) is 2.35. The summed E-state index contributed by atoms with van der Waals surface area (Å²) in [6, 6.07) is 8.04. The van der Waals surface area contributed by atoms with Crippen molar-refractivity contribution in [2.45, 2.75) is 19.4 Å². The minimum Gasteiger partial charge on any atom is -0.356 e. The molecule has 1 amide bonds. The standard InChI is InChI=1S/C17H16FN3O2S/c18-13-3-1-2-12(10-13)4-7-19-15(22)5-8-21-11-20-16-14(17(21)23)6-9-24-16/h1-3,6,9-11H,4-5,7-8H2,(H,19,22). The van der Waals surface area contributed by atoms with E-state index in [2.05, 4.69) is 10.3 Å². The fourth-order valence-corrected chi connectivity index (χ4v) is 3.13. The van der Waals surface area contributed by atoms with Crippen molar-refractivity contribution in [3.8, 4) is 0 Å². The second kappa shape index (κ2) is 7.35. The highest BCUT2D eigenvalue weighted by molar-refractivity contribution is 7.16. The zero-order valence-corrected chi connectivity index (χ0v) is 13.7. The molecular formula is C17H16FN3O2S. The van der Waals surface area contributed by atoms with Gasteiger partial charge in [0.25, 0.3) is 5.56 Å². The Labute approximate surface area is 141 Å². The summed E-state index contributed by atoms with van der Waals surface area (Å²) in [6.07, 6.45) is 2.23. The van der Waals surface area contributed by atoms with E-state index in [9.17, 15) is 14.0 Å². The summed E-state index contributed by atoms with van der Waals surface area (Å²) < 4.78 is 14.5. The van der Waals surface area contributed by atoms with Gasteiger partial charge in [0.15, 0.2) is 0 Å². The highest BCUT2D eigenvalue weighted by atomic mass is 32.1. The monoisotopic (exact) mass is 345 g/mol. The number of nitrogens with zero attached hydrogens (tertiary/aromatic N) is 2. The maximum Gasteiger partial charge on any atom is 0.262 e. The van der Waals surface area contributed by atoms with E-state index in [1.165, 1.54) is 34.4 Å². The van der Waals surface area contributed by atoms with Crippen molar-refractivity contribution in [2.24, 2.45) is 0 Å². The Morgan fingerprint density at radius 1 is 1.33 bits per heavy atom. The lowest BCUT2D eigenvalue weighted by Crippen LogP contribution is -2.28. The number of amides is 1. The lowest BCUT2D eigenvalue weighted by atomic mass is 10.1. The largest absolute Gasteiger partial charge is 0.356 e. The molecule has 5 nitrogen and oxygen atoms in total. The van der Waals surface area contributed by atoms with E-state index in [-0.39, 0.29) is 30.2 Å². The quantitative estimate of drug-likeness (QED) is 0.746. The minimum atomic E-state index is -0.283. The molecule has 0 aliphatic carbocycles. The van der Waals surface area contributed by atoms with Crippen LogP contribution in [0.25, 0.3) is 10.2 Å². The average molecular weight is 345 g/mol. The first kappa shape index (κ1) is 16.3. The van der Waals surface area contributed by atoms with Crippen LogP contribution in [0.5, 0.6) is 0 Å². The Morgan fingerprint density at radius 3 is 3.04 bits per heavy atom. The highest BCUT2D eigenvalue weighted by Gasteiger charge is 2.07. The number of hydrogen-bond acceptors (Lipinski definition) is 4. The number of nitrogens with one attached hydrogen (secondary N) is 1. The van der Waals surface area contributed by atoms with Gasteiger partial charge < -0.3 is 5.32 Å². The Morgan fingerprint density at radius 2 is 2.21 bits per heavy atom. The molecule has 2 aromatic heterocycles. The summed E-state index contributed by atoms with van der Waals surface area (Å²) in [6.45, 7) is 0.711. The van der Waals surface area contributed by atoms with Gasteiger partial charge in [-0.25, -0.2) is 9.37 Å². The molecule has 0 aliphatic heterocycles. The molecule has 1 N–H and O–H groups in total. The first-order valence-electron chi connectivity index (χ1n) is 7.57. The van der Waals surface area contributed by atoms with E-state index in [0.717, 1.165) is 5.56 Å². The fraction of sp³-hybridized carbons (Fsp3) is 0.235. The first-order valence-corrected chi connectivity index (χ1v) is 8.45. The molecule has 0 fully saturated rings. The zero-order valence-electron chi connectivity index (χ0n) is 12.9. The maximum atomic E-state index is 13.1. The first-order chi connectivity index (χ1) is 11.6. The van der Waals surface area contributed by atoms with Crippen molar-refractivity contribution >= 4 is 27.5 Å². The van der Waals surface area contributed by atoms with E-state index < -0.39 is 0 Å². The van der Waals surface area contributed by atoms with Gasteiger partial charge in [0.1, 0.15) is 10.6 Å². The number of aryl methyl sites for hydroxylation is 1. The number of benzene rings is 1. The molecule has 0 aliphatic rings. The number of thiophene rings is 1. The van der Waals surface area contributed by atoms with Crippen molar-refractivity contribution in [3.05, 3.63) is 63.8 Å². The normalized spacial score (nSPS) is 10.9. The number of carbonyl (C=O) groups excluding carboxylic acids is 1. The number of halogens is 1. The van der Waals surface area contributed by atoms with Crippen LogP contribution in [0.4, 0.5) is 4.39 Å². The van der Waals surface area contributed by atoms with Gasteiger partial charge in [0.05, 0.1) is 11.7 Å². The van der Waals surface area contributed by atoms with Crippen LogP contribution >= 0.6 is 11.3 Å². The molecule has 124 valence electrons. The summed E-state index contributed by atoms with van der Waals surface area (Å²) in [5.41, 5.74) is 0.701. The maximum absolute atomic E-state index is 13.1. The van der Waals surface area contributed by atoms with Crippen molar-refractivity contribution in [1.29, 1.82) is 0 Å². The van der Waals surface area contributed by atoms with E-state index in [4.69, 9.17) is 0 Å². The second-order valence-electron chi connectivity index (χ2n) is 5.36. The van der Waals surface area contributed by atoms with Crippen LogP contribution in [0, 0.1) is 5.82 Å². The average Bonchev–Trinajstić information content (AvgIpc) is 3.04.